The van der Waals surface area contributed by atoms with E-state index in [-0.39, 0.29) is 23.7 Å². The van der Waals surface area contributed by atoms with Crippen molar-refractivity contribution >= 4 is 34.2 Å². The number of halogens is 2. The summed E-state index contributed by atoms with van der Waals surface area (Å²) in [4.78, 5) is 13.9. The van der Waals surface area contributed by atoms with Crippen molar-refractivity contribution in [3.05, 3.63) is 22.6 Å². The molecule has 1 unspecified atom stereocenters. The van der Waals surface area contributed by atoms with Gasteiger partial charge in [0.1, 0.15) is 6.26 Å². The molecule has 0 bridgehead atoms. The van der Waals surface area contributed by atoms with Crippen LogP contribution in [0.15, 0.2) is 21.4 Å². The average molecular weight is 324 g/mol. The standard InChI is InChI=1S/C11H15BrN2O2.ClH/c1-11(6-13)2-3-14(7-11)10(15)8-4-9(12)16-5-8;/h4-5H,2-3,6-7,13H2,1H3;1H. The molecule has 6 heteroatoms. The summed E-state index contributed by atoms with van der Waals surface area (Å²) >= 11 is 3.19. The third-order valence-electron chi connectivity index (χ3n) is 3.15. The zero-order valence-corrected chi connectivity index (χ0v) is 12.0. The van der Waals surface area contributed by atoms with Gasteiger partial charge < -0.3 is 15.1 Å². The van der Waals surface area contributed by atoms with Crippen LogP contribution in [0.25, 0.3) is 0 Å². The van der Waals surface area contributed by atoms with Crippen LogP contribution in [0.1, 0.15) is 23.7 Å². The fourth-order valence-electron chi connectivity index (χ4n) is 1.97. The predicted molar refractivity (Wildman–Crippen MR) is 71.3 cm³/mol. The van der Waals surface area contributed by atoms with Crippen molar-refractivity contribution in [3.8, 4) is 0 Å². The lowest BCUT2D eigenvalue weighted by Crippen LogP contribution is -2.34. The number of hydrogen-bond donors (Lipinski definition) is 1. The highest BCUT2D eigenvalue weighted by Crippen LogP contribution is 2.29. The quantitative estimate of drug-likeness (QED) is 0.908. The minimum absolute atomic E-state index is 0. The largest absolute Gasteiger partial charge is 0.457 e. The van der Waals surface area contributed by atoms with Gasteiger partial charge in [-0.25, -0.2) is 0 Å². The van der Waals surface area contributed by atoms with Crippen LogP contribution in [0, 0.1) is 5.41 Å². The summed E-state index contributed by atoms with van der Waals surface area (Å²) in [5.74, 6) is 0.0200. The molecule has 2 N–H and O–H groups in total. The summed E-state index contributed by atoms with van der Waals surface area (Å²) in [6, 6.07) is 1.69. The van der Waals surface area contributed by atoms with E-state index in [2.05, 4.69) is 22.9 Å². The van der Waals surface area contributed by atoms with Crippen LogP contribution in [0.4, 0.5) is 0 Å². The maximum atomic E-state index is 12.1. The molecule has 0 aliphatic carbocycles. The molecule has 2 rings (SSSR count). The number of carbonyl (C=O) groups is 1. The van der Waals surface area contributed by atoms with Gasteiger partial charge in [-0.15, -0.1) is 12.4 Å². The third kappa shape index (κ3) is 3.03. The number of nitrogens with two attached hydrogens (primary N) is 1. The van der Waals surface area contributed by atoms with Gasteiger partial charge in [0.05, 0.1) is 5.56 Å². The Morgan fingerprint density at radius 3 is 2.88 bits per heavy atom. The number of furan rings is 1. The summed E-state index contributed by atoms with van der Waals surface area (Å²) in [5.41, 5.74) is 6.37. The smallest absolute Gasteiger partial charge is 0.257 e. The van der Waals surface area contributed by atoms with E-state index in [0.29, 0.717) is 16.8 Å². The first-order valence-electron chi connectivity index (χ1n) is 5.27. The van der Waals surface area contributed by atoms with Crippen LogP contribution < -0.4 is 5.73 Å². The molecule has 0 aromatic carbocycles. The molecule has 1 fully saturated rings. The molecular weight excluding hydrogens is 307 g/mol. The second-order valence-electron chi connectivity index (χ2n) is 4.63. The third-order valence-corrected chi connectivity index (χ3v) is 3.57. The van der Waals surface area contributed by atoms with Crippen molar-refractivity contribution in [1.29, 1.82) is 0 Å². The first kappa shape index (κ1) is 14.5. The first-order chi connectivity index (χ1) is 7.54. The molecule has 96 valence electrons. The number of amides is 1. The van der Waals surface area contributed by atoms with E-state index in [0.717, 1.165) is 19.5 Å². The second-order valence-corrected chi connectivity index (χ2v) is 5.41. The Hall–Kier alpha value is -0.520. The maximum Gasteiger partial charge on any atom is 0.257 e. The molecule has 17 heavy (non-hydrogen) atoms. The molecule has 2 heterocycles. The second kappa shape index (κ2) is 5.42. The molecule has 1 aromatic heterocycles. The van der Waals surface area contributed by atoms with E-state index in [1.165, 1.54) is 6.26 Å². The van der Waals surface area contributed by atoms with Gasteiger partial charge in [-0.05, 0) is 34.3 Å². The van der Waals surface area contributed by atoms with Crippen molar-refractivity contribution in [2.45, 2.75) is 13.3 Å². The van der Waals surface area contributed by atoms with Crippen molar-refractivity contribution in [3.63, 3.8) is 0 Å². The Morgan fingerprint density at radius 1 is 1.71 bits per heavy atom. The topological polar surface area (TPSA) is 59.5 Å². The van der Waals surface area contributed by atoms with Gasteiger partial charge in [0.25, 0.3) is 5.91 Å². The van der Waals surface area contributed by atoms with Crippen LogP contribution in [0.5, 0.6) is 0 Å². The lowest BCUT2D eigenvalue weighted by Gasteiger charge is -2.22. The number of hydrogen-bond acceptors (Lipinski definition) is 3. The van der Waals surface area contributed by atoms with E-state index in [9.17, 15) is 4.79 Å². The van der Waals surface area contributed by atoms with Crippen LogP contribution in [-0.2, 0) is 0 Å². The van der Waals surface area contributed by atoms with Gasteiger partial charge in [0.2, 0.25) is 0 Å². The Morgan fingerprint density at radius 2 is 2.41 bits per heavy atom. The number of rotatable bonds is 2. The summed E-state index contributed by atoms with van der Waals surface area (Å²) in [6.07, 6.45) is 2.44. The molecule has 0 saturated carbocycles. The van der Waals surface area contributed by atoms with Gasteiger partial charge in [0.15, 0.2) is 4.67 Å². The Balaban J connectivity index is 0.00000144. The average Bonchev–Trinajstić information content (AvgIpc) is 2.85. The molecular formula is C11H16BrClN2O2. The van der Waals surface area contributed by atoms with Crippen molar-refractivity contribution in [2.24, 2.45) is 11.1 Å². The number of nitrogens with zero attached hydrogens (tertiary/aromatic N) is 1. The Kier molecular flexibility index (Phi) is 4.63. The van der Waals surface area contributed by atoms with Crippen molar-refractivity contribution in [2.75, 3.05) is 19.6 Å². The lowest BCUT2D eigenvalue weighted by molar-refractivity contribution is 0.0776. The zero-order valence-electron chi connectivity index (χ0n) is 9.61. The number of carbonyl (C=O) groups excluding carboxylic acids is 1. The molecule has 1 saturated heterocycles. The molecule has 1 aliphatic heterocycles. The van der Waals surface area contributed by atoms with Crippen LogP contribution in [0.3, 0.4) is 0 Å². The monoisotopic (exact) mass is 322 g/mol. The zero-order chi connectivity index (χ0) is 11.8. The SMILES string of the molecule is CC1(CN)CCN(C(=O)c2coc(Br)c2)C1.Cl. The molecule has 1 amide bonds. The highest BCUT2D eigenvalue weighted by molar-refractivity contribution is 9.10. The summed E-state index contributed by atoms with van der Waals surface area (Å²) in [6.45, 7) is 4.23. The van der Waals surface area contributed by atoms with Crippen LogP contribution in [0.2, 0.25) is 0 Å². The van der Waals surface area contributed by atoms with E-state index in [4.69, 9.17) is 10.2 Å². The normalized spacial score (nSPS) is 23.6. The van der Waals surface area contributed by atoms with E-state index >= 15 is 0 Å². The van der Waals surface area contributed by atoms with Gasteiger partial charge >= 0.3 is 0 Å². The van der Waals surface area contributed by atoms with Gasteiger partial charge in [-0.1, -0.05) is 6.92 Å². The molecule has 1 atom stereocenters. The molecule has 4 nitrogen and oxygen atoms in total. The summed E-state index contributed by atoms with van der Waals surface area (Å²) in [5, 5.41) is 0. The first-order valence-corrected chi connectivity index (χ1v) is 6.07. The lowest BCUT2D eigenvalue weighted by atomic mass is 9.90. The van der Waals surface area contributed by atoms with Crippen LogP contribution in [-0.4, -0.2) is 30.4 Å². The predicted octanol–water partition coefficient (Wildman–Crippen LogP) is 2.27. The van der Waals surface area contributed by atoms with Gasteiger partial charge in [-0.3, -0.25) is 4.79 Å². The van der Waals surface area contributed by atoms with E-state index in [1.54, 1.807) is 6.07 Å². The molecule has 0 spiro atoms. The highest BCUT2D eigenvalue weighted by Gasteiger charge is 2.35. The van der Waals surface area contributed by atoms with Crippen LogP contribution >= 0.6 is 28.3 Å². The van der Waals surface area contributed by atoms with Gasteiger partial charge in [-0.2, -0.15) is 0 Å². The number of likely N-dealkylation sites (tertiary alicyclic amines) is 1. The Labute approximate surface area is 115 Å². The van der Waals surface area contributed by atoms with E-state index in [1.807, 2.05) is 4.90 Å². The fourth-order valence-corrected chi connectivity index (χ4v) is 2.31. The maximum absolute atomic E-state index is 12.1. The molecule has 1 aromatic rings. The van der Waals surface area contributed by atoms with E-state index < -0.39 is 0 Å². The fraction of sp³-hybridized carbons (Fsp3) is 0.545. The summed E-state index contributed by atoms with van der Waals surface area (Å²) in [7, 11) is 0. The Bertz CT molecular complexity index is 410. The highest BCUT2D eigenvalue weighted by atomic mass is 79.9. The van der Waals surface area contributed by atoms with Crippen molar-refractivity contribution in [1.82, 2.24) is 4.90 Å². The summed E-state index contributed by atoms with van der Waals surface area (Å²) < 4.78 is 5.65. The van der Waals surface area contributed by atoms with Gasteiger partial charge in [0, 0.05) is 19.2 Å². The minimum atomic E-state index is 0. The molecule has 1 aliphatic rings. The molecule has 0 radical (unpaired) electrons. The van der Waals surface area contributed by atoms with Crippen molar-refractivity contribution < 1.29 is 9.21 Å². The minimum Gasteiger partial charge on any atom is -0.457 e.